The Morgan fingerprint density at radius 2 is 1.88 bits per heavy atom. The van der Waals surface area contributed by atoms with E-state index in [1.165, 1.54) is 6.07 Å². The van der Waals surface area contributed by atoms with Crippen LogP contribution in [0.2, 0.25) is 0 Å². The van der Waals surface area contributed by atoms with Crippen LogP contribution in [0.25, 0.3) is 0 Å². The number of aliphatic hydroxyl groups is 1. The van der Waals surface area contributed by atoms with Crippen molar-refractivity contribution in [3.8, 4) is 6.07 Å². The van der Waals surface area contributed by atoms with Crippen LogP contribution in [0, 0.1) is 23.0 Å². The van der Waals surface area contributed by atoms with Gasteiger partial charge in [0.1, 0.15) is 0 Å². The molecule has 4 rings (SSSR count). The molecule has 2 aromatic carbocycles. The van der Waals surface area contributed by atoms with Crippen molar-refractivity contribution in [1.29, 1.82) is 5.26 Å². The van der Waals surface area contributed by atoms with E-state index in [4.69, 9.17) is 0 Å². The fourth-order valence-electron chi connectivity index (χ4n) is 5.03. The van der Waals surface area contributed by atoms with Gasteiger partial charge in [-0.2, -0.15) is 5.26 Å². The van der Waals surface area contributed by atoms with E-state index in [0.717, 1.165) is 50.2 Å². The Kier molecular flexibility index (Phi) is 7.44. The molecule has 2 aromatic rings. The summed E-state index contributed by atoms with van der Waals surface area (Å²) in [5.41, 5.74) is 0.391. The number of nitrogens with zero attached hydrogens (tertiary/aromatic N) is 3. The third-order valence-electron chi connectivity index (χ3n) is 7.04. The van der Waals surface area contributed by atoms with Crippen molar-refractivity contribution < 1.29 is 18.7 Å². The summed E-state index contributed by atoms with van der Waals surface area (Å²) in [7, 11) is 0. The second-order valence-corrected chi connectivity index (χ2v) is 9.26. The predicted molar refractivity (Wildman–Crippen MR) is 125 cm³/mol. The van der Waals surface area contributed by atoms with Gasteiger partial charge in [0.25, 0.3) is 0 Å². The molecule has 0 aromatic heterocycles. The van der Waals surface area contributed by atoms with Crippen LogP contribution in [-0.4, -0.2) is 53.2 Å². The predicted octanol–water partition coefficient (Wildman–Crippen LogP) is 4.60. The van der Waals surface area contributed by atoms with Gasteiger partial charge in [-0.1, -0.05) is 12.1 Å². The minimum atomic E-state index is -1.04. The summed E-state index contributed by atoms with van der Waals surface area (Å²) >= 11 is 0. The minimum absolute atomic E-state index is 0.0904. The third kappa shape index (κ3) is 5.54. The van der Waals surface area contributed by atoms with E-state index in [1.807, 2.05) is 6.07 Å². The molecule has 180 valence electrons. The van der Waals surface area contributed by atoms with Crippen LogP contribution < -0.4 is 5.32 Å². The second kappa shape index (κ2) is 10.5. The number of rotatable bonds is 6. The molecule has 0 atom stereocenters. The van der Waals surface area contributed by atoms with E-state index in [1.54, 1.807) is 23.1 Å². The highest BCUT2D eigenvalue weighted by Gasteiger charge is 2.38. The van der Waals surface area contributed by atoms with Crippen molar-refractivity contribution >= 4 is 11.7 Å². The maximum Gasteiger partial charge on any atom is 0.322 e. The van der Waals surface area contributed by atoms with Gasteiger partial charge in [0, 0.05) is 30.9 Å². The molecule has 1 aliphatic heterocycles. The van der Waals surface area contributed by atoms with Gasteiger partial charge in [0.05, 0.1) is 17.2 Å². The third-order valence-corrected chi connectivity index (χ3v) is 7.04. The number of anilines is 1. The summed E-state index contributed by atoms with van der Waals surface area (Å²) in [6.45, 7) is 3.29. The molecule has 2 amide bonds. The molecule has 8 heteroatoms. The summed E-state index contributed by atoms with van der Waals surface area (Å²) < 4.78 is 26.9. The number of urea groups is 1. The number of nitrogens with one attached hydrogen (secondary N) is 1. The standard InChI is InChI=1S/C26H30F2N4O2/c27-23-7-6-21(17-24(23)28)30-25(33)32(15-14-31-12-1-2-13-31)22-8-10-26(34,11-9-22)20-5-3-4-19(16-20)18-29/h3-7,16-17,22,34H,1-2,8-15H2,(H,30,33). The fraction of sp³-hybridized carbons (Fsp3) is 0.462. The van der Waals surface area contributed by atoms with Crippen LogP contribution in [0.1, 0.15) is 49.7 Å². The lowest BCUT2D eigenvalue weighted by Crippen LogP contribution is -2.49. The first-order valence-corrected chi connectivity index (χ1v) is 11.9. The number of benzene rings is 2. The Balaban J connectivity index is 1.46. The van der Waals surface area contributed by atoms with E-state index < -0.39 is 17.2 Å². The quantitative estimate of drug-likeness (QED) is 0.650. The molecule has 1 saturated carbocycles. The first kappa shape index (κ1) is 24.1. The Morgan fingerprint density at radius 3 is 2.56 bits per heavy atom. The number of carbonyl (C=O) groups is 1. The van der Waals surface area contributed by atoms with Gasteiger partial charge < -0.3 is 20.2 Å². The van der Waals surface area contributed by atoms with Crippen molar-refractivity contribution in [1.82, 2.24) is 9.80 Å². The monoisotopic (exact) mass is 468 g/mol. The average molecular weight is 469 g/mol. The lowest BCUT2D eigenvalue weighted by atomic mass is 9.77. The Morgan fingerprint density at radius 1 is 1.15 bits per heavy atom. The molecule has 0 bridgehead atoms. The van der Waals surface area contributed by atoms with Crippen molar-refractivity contribution in [2.24, 2.45) is 0 Å². The lowest BCUT2D eigenvalue weighted by molar-refractivity contribution is -0.0198. The number of halogens is 2. The largest absolute Gasteiger partial charge is 0.385 e. The van der Waals surface area contributed by atoms with Crippen molar-refractivity contribution in [3.05, 3.63) is 65.2 Å². The van der Waals surface area contributed by atoms with Crippen LogP contribution in [-0.2, 0) is 5.60 Å². The average Bonchev–Trinajstić information content (AvgIpc) is 3.36. The van der Waals surface area contributed by atoms with Gasteiger partial charge >= 0.3 is 6.03 Å². The number of amides is 2. The van der Waals surface area contributed by atoms with Gasteiger partial charge in [0.15, 0.2) is 11.6 Å². The molecular formula is C26H30F2N4O2. The number of hydrogen-bond acceptors (Lipinski definition) is 4. The maximum atomic E-state index is 13.6. The molecule has 1 heterocycles. The molecule has 1 saturated heterocycles. The van der Waals surface area contributed by atoms with Gasteiger partial charge in [-0.3, -0.25) is 0 Å². The first-order chi connectivity index (χ1) is 16.4. The van der Waals surface area contributed by atoms with E-state index >= 15 is 0 Å². The number of likely N-dealkylation sites (tertiary alicyclic amines) is 1. The highest BCUT2D eigenvalue weighted by molar-refractivity contribution is 5.89. The highest BCUT2D eigenvalue weighted by atomic mass is 19.2. The zero-order chi connectivity index (χ0) is 24.1. The lowest BCUT2D eigenvalue weighted by Gasteiger charge is -2.41. The molecule has 1 aliphatic carbocycles. The highest BCUT2D eigenvalue weighted by Crippen LogP contribution is 2.39. The van der Waals surface area contributed by atoms with Gasteiger partial charge in [-0.05, 0) is 81.4 Å². The topological polar surface area (TPSA) is 79.6 Å². The summed E-state index contributed by atoms with van der Waals surface area (Å²) in [5.74, 6) is -1.97. The molecule has 2 fully saturated rings. The number of nitriles is 1. The summed E-state index contributed by atoms with van der Waals surface area (Å²) in [4.78, 5) is 17.3. The van der Waals surface area contributed by atoms with Gasteiger partial charge in [-0.25, -0.2) is 13.6 Å². The number of hydrogen-bond donors (Lipinski definition) is 2. The number of carbonyl (C=O) groups excluding carboxylic acids is 1. The molecule has 0 radical (unpaired) electrons. The zero-order valence-electron chi connectivity index (χ0n) is 19.1. The van der Waals surface area contributed by atoms with Gasteiger partial charge in [-0.15, -0.1) is 0 Å². The van der Waals surface area contributed by atoms with Crippen LogP contribution in [0.15, 0.2) is 42.5 Å². The van der Waals surface area contributed by atoms with E-state index in [9.17, 15) is 23.9 Å². The molecule has 6 nitrogen and oxygen atoms in total. The van der Waals surface area contributed by atoms with Crippen molar-refractivity contribution in [2.45, 2.75) is 50.2 Å². The second-order valence-electron chi connectivity index (χ2n) is 9.26. The van der Waals surface area contributed by atoms with E-state index in [-0.39, 0.29) is 17.8 Å². The molecule has 2 aliphatic rings. The van der Waals surface area contributed by atoms with Crippen molar-refractivity contribution in [3.63, 3.8) is 0 Å². The first-order valence-electron chi connectivity index (χ1n) is 11.9. The minimum Gasteiger partial charge on any atom is -0.385 e. The molecular weight excluding hydrogens is 438 g/mol. The van der Waals surface area contributed by atoms with E-state index in [0.29, 0.717) is 37.8 Å². The maximum absolute atomic E-state index is 13.6. The summed E-state index contributed by atoms with van der Waals surface area (Å²) in [6, 6.07) is 12.0. The van der Waals surface area contributed by atoms with Gasteiger partial charge in [0.2, 0.25) is 0 Å². The molecule has 0 spiro atoms. The SMILES string of the molecule is N#Cc1cccc(C2(O)CCC(N(CCN3CCCC3)C(=O)Nc3ccc(F)c(F)c3)CC2)c1. The normalized spacial score (nSPS) is 22.8. The van der Waals surface area contributed by atoms with Crippen molar-refractivity contribution in [2.75, 3.05) is 31.5 Å². The Bertz CT molecular complexity index is 1060. The summed E-state index contributed by atoms with van der Waals surface area (Å²) in [5, 5.41) is 23.2. The molecule has 34 heavy (non-hydrogen) atoms. The van der Waals surface area contributed by atoms with Crippen LogP contribution in [0.4, 0.5) is 19.3 Å². The van der Waals surface area contributed by atoms with Crippen LogP contribution in [0.3, 0.4) is 0 Å². The Labute approximate surface area is 198 Å². The molecule has 2 N–H and O–H groups in total. The summed E-state index contributed by atoms with van der Waals surface area (Å²) in [6.07, 6.45) is 4.42. The molecule has 0 unspecified atom stereocenters. The fourth-order valence-corrected chi connectivity index (χ4v) is 5.03. The smallest absolute Gasteiger partial charge is 0.322 e. The zero-order valence-corrected chi connectivity index (χ0v) is 19.1. The van der Waals surface area contributed by atoms with Crippen LogP contribution in [0.5, 0.6) is 0 Å². The van der Waals surface area contributed by atoms with E-state index in [2.05, 4.69) is 16.3 Å². The van der Waals surface area contributed by atoms with Crippen LogP contribution >= 0.6 is 0 Å². The Hall–Kier alpha value is -3.02.